The SMILES string of the molecule is CC(C)(C)c1ccccc1NC(=O)Cn1c(CN2CCOCC2)nc2sc3c(c2c1=O)CCCC3. The zero-order valence-electron chi connectivity index (χ0n) is 20.9. The number of nitrogens with zero attached hydrogens (tertiary/aromatic N) is 3. The van der Waals surface area contributed by atoms with E-state index in [-0.39, 0.29) is 23.4 Å². The zero-order chi connectivity index (χ0) is 24.6. The number of fused-ring (bicyclic) bond motifs is 3. The van der Waals surface area contributed by atoms with E-state index in [9.17, 15) is 9.59 Å². The number of para-hydroxylation sites is 1. The molecule has 1 N–H and O–H groups in total. The number of anilines is 1. The molecule has 3 heterocycles. The quantitative estimate of drug-likeness (QED) is 0.578. The first-order chi connectivity index (χ1) is 16.8. The Hall–Kier alpha value is -2.55. The predicted molar refractivity (Wildman–Crippen MR) is 140 cm³/mol. The average molecular weight is 495 g/mol. The van der Waals surface area contributed by atoms with Gasteiger partial charge in [-0.15, -0.1) is 11.3 Å². The molecule has 0 saturated carbocycles. The monoisotopic (exact) mass is 494 g/mol. The molecule has 3 aromatic rings. The summed E-state index contributed by atoms with van der Waals surface area (Å²) in [4.78, 5) is 36.5. The summed E-state index contributed by atoms with van der Waals surface area (Å²) in [5.41, 5.74) is 2.80. The number of nitrogens with one attached hydrogen (secondary N) is 1. The molecule has 35 heavy (non-hydrogen) atoms. The fraction of sp³-hybridized carbons (Fsp3) is 0.519. The maximum atomic E-state index is 13.8. The third-order valence-corrected chi connectivity index (χ3v) is 8.12. The van der Waals surface area contributed by atoms with Gasteiger partial charge in [-0.1, -0.05) is 39.0 Å². The molecule has 5 rings (SSSR count). The van der Waals surface area contributed by atoms with Crippen molar-refractivity contribution in [3.8, 4) is 0 Å². The first-order valence-electron chi connectivity index (χ1n) is 12.5. The highest BCUT2D eigenvalue weighted by Crippen LogP contribution is 2.34. The van der Waals surface area contributed by atoms with E-state index in [0.29, 0.717) is 25.6 Å². The van der Waals surface area contributed by atoms with Gasteiger partial charge in [-0.05, 0) is 48.3 Å². The summed E-state index contributed by atoms with van der Waals surface area (Å²) in [6, 6.07) is 7.87. The van der Waals surface area contributed by atoms with Crippen molar-refractivity contribution in [1.82, 2.24) is 14.5 Å². The molecular formula is C27H34N4O3S. The fourth-order valence-corrected chi connectivity index (χ4v) is 6.37. The summed E-state index contributed by atoms with van der Waals surface area (Å²) in [5.74, 6) is 0.444. The number of carbonyl (C=O) groups excluding carboxylic acids is 1. The number of aryl methyl sites for hydroxylation is 2. The van der Waals surface area contributed by atoms with Gasteiger partial charge in [-0.3, -0.25) is 19.1 Å². The topological polar surface area (TPSA) is 76.5 Å². The molecule has 0 radical (unpaired) electrons. The minimum absolute atomic E-state index is 0.0510. The second-order valence-electron chi connectivity index (χ2n) is 10.5. The smallest absolute Gasteiger partial charge is 0.263 e. The Labute approximate surface area is 210 Å². The molecule has 1 amide bonds. The van der Waals surface area contributed by atoms with Crippen LogP contribution in [0.4, 0.5) is 5.69 Å². The van der Waals surface area contributed by atoms with Gasteiger partial charge in [0, 0.05) is 23.7 Å². The van der Waals surface area contributed by atoms with Gasteiger partial charge in [-0.25, -0.2) is 4.98 Å². The Morgan fingerprint density at radius 3 is 2.66 bits per heavy atom. The number of hydrogen-bond acceptors (Lipinski definition) is 6. The predicted octanol–water partition coefficient (Wildman–Crippen LogP) is 4.11. The number of hydrogen-bond donors (Lipinski definition) is 1. The lowest BCUT2D eigenvalue weighted by Gasteiger charge is -2.27. The number of ether oxygens (including phenoxy) is 1. The Morgan fingerprint density at radius 1 is 1.14 bits per heavy atom. The number of morpholine rings is 1. The van der Waals surface area contributed by atoms with E-state index >= 15 is 0 Å². The molecule has 1 aliphatic heterocycles. The standard InChI is InChI=1S/C27H34N4O3S/c1-27(2,3)19-9-5-6-10-20(19)28-23(32)17-31-22(16-30-12-14-34-15-13-30)29-25-24(26(31)33)18-8-4-7-11-21(18)35-25/h5-6,9-10H,4,7-8,11-17H2,1-3H3,(H,28,32). The van der Waals surface area contributed by atoms with Gasteiger partial charge in [0.25, 0.3) is 5.56 Å². The lowest BCUT2D eigenvalue weighted by atomic mass is 9.86. The lowest BCUT2D eigenvalue weighted by molar-refractivity contribution is -0.116. The molecule has 1 fully saturated rings. The van der Waals surface area contributed by atoms with Gasteiger partial charge in [0.2, 0.25) is 5.91 Å². The maximum Gasteiger partial charge on any atom is 0.263 e. The Bertz CT molecular complexity index is 1300. The van der Waals surface area contributed by atoms with E-state index in [1.165, 1.54) is 4.88 Å². The summed E-state index contributed by atoms with van der Waals surface area (Å²) in [6.45, 7) is 9.78. The minimum Gasteiger partial charge on any atom is -0.379 e. The molecule has 1 saturated heterocycles. The van der Waals surface area contributed by atoms with Gasteiger partial charge in [0.15, 0.2) is 0 Å². The van der Waals surface area contributed by atoms with Gasteiger partial charge in [-0.2, -0.15) is 0 Å². The van der Waals surface area contributed by atoms with E-state index in [4.69, 9.17) is 9.72 Å². The van der Waals surface area contributed by atoms with Crippen LogP contribution in [-0.4, -0.2) is 46.7 Å². The first-order valence-corrected chi connectivity index (χ1v) is 13.4. The van der Waals surface area contributed by atoms with Crippen LogP contribution in [0.5, 0.6) is 0 Å². The molecule has 8 heteroatoms. The van der Waals surface area contributed by atoms with Crippen molar-refractivity contribution >= 4 is 33.1 Å². The number of amides is 1. The summed E-state index contributed by atoms with van der Waals surface area (Å²) < 4.78 is 7.10. The summed E-state index contributed by atoms with van der Waals surface area (Å²) >= 11 is 1.66. The van der Waals surface area contributed by atoms with Crippen LogP contribution in [-0.2, 0) is 40.9 Å². The molecule has 0 bridgehead atoms. The Morgan fingerprint density at radius 2 is 1.89 bits per heavy atom. The van der Waals surface area contributed by atoms with E-state index < -0.39 is 0 Å². The second kappa shape index (κ2) is 9.84. The molecular weight excluding hydrogens is 460 g/mol. The van der Waals surface area contributed by atoms with Crippen molar-refractivity contribution < 1.29 is 9.53 Å². The van der Waals surface area contributed by atoms with E-state index in [1.807, 2.05) is 24.3 Å². The maximum absolute atomic E-state index is 13.8. The number of thiophene rings is 1. The number of carbonyl (C=O) groups is 1. The highest BCUT2D eigenvalue weighted by atomic mass is 32.1. The van der Waals surface area contributed by atoms with Crippen molar-refractivity contribution in [2.75, 3.05) is 31.6 Å². The van der Waals surface area contributed by atoms with Gasteiger partial charge in [0.1, 0.15) is 17.2 Å². The highest BCUT2D eigenvalue weighted by molar-refractivity contribution is 7.18. The van der Waals surface area contributed by atoms with E-state index in [0.717, 1.165) is 65.8 Å². The van der Waals surface area contributed by atoms with Crippen molar-refractivity contribution in [2.24, 2.45) is 0 Å². The third kappa shape index (κ3) is 5.06. The van der Waals surface area contributed by atoms with Crippen molar-refractivity contribution in [2.45, 2.75) is 65.0 Å². The zero-order valence-corrected chi connectivity index (χ0v) is 21.7. The lowest BCUT2D eigenvalue weighted by Crippen LogP contribution is -2.39. The summed E-state index contributed by atoms with van der Waals surface area (Å²) in [5, 5.41) is 3.79. The molecule has 0 unspecified atom stereocenters. The van der Waals surface area contributed by atoms with Crippen LogP contribution in [0.2, 0.25) is 0 Å². The van der Waals surface area contributed by atoms with Crippen LogP contribution in [0.25, 0.3) is 10.2 Å². The fourth-order valence-electron chi connectivity index (χ4n) is 5.10. The average Bonchev–Trinajstić information content (AvgIpc) is 3.20. The second-order valence-corrected chi connectivity index (χ2v) is 11.6. The minimum atomic E-state index is -0.211. The molecule has 7 nitrogen and oxygen atoms in total. The third-order valence-electron chi connectivity index (χ3n) is 6.93. The summed E-state index contributed by atoms with van der Waals surface area (Å²) in [7, 11) is 0. The van der Waals surface area contributed by atoms with Crippen LogP contribution >= 0.6 is 11.3 Å². The molecule has 1 aliphatic carbocycles. The molecule has 2 aliphatic rings. The molecule has 0 atom stereocenters. The van der Waals surface area contributed by atoms with Gasteiger partial charge >= 0.3 is 0 Å². The Kier molecular flexibility index (Phi) is 6.79. The first kappa shape index (κ1) is 24.2. The van der Waals surface area contributed by atoms with Gasteiger partial charge in [0.05, 0.1) is 25.1 Å². The van der Waals surface area contributed by atoms with Crippen molar-refractivity contribution in [3.05, 3.63) is 56.4 Å². The van der Waals surface area contributed by atoms with Crippen LogP contribution < -0.4 is 10.9 Å². The highest BCUT2D eigenvalue weighted by Gasteiger charge is 2.25. The molecule has 2 aromatic heterocycles. The normalized spacial score (nSPS) is 16.9. The van der Waals surface area contributed by atoms with Gasteiger partial charge < -0.3 is 10.1 Å². The van der Waals surface area contributed by atoms with Crippen molar-refractivity contribution in [1.29, 1.82) is 0 Å². The largest absolute Gasteiger partial charge is 0.379 e. The van der Waals surface area contributed by atoms with Crippen molar-refractivity contribution in [3.63, 3.8) is 0 Å². The molecule has 1 aromatic carbocycles. The summed E-state index contributed by atoms with van der Waals surface area (Å²) in [6.07, 6.45) is 4.18. The van der Waals surface area contributed by atoms with E-state index in [1.54, 1.807) is 15.9 Å². The number of rotatable bonds is 5. The van der Waals surface area contributed by atoms with Crippen LogP contribution in [0.15, 0.2) is 29.1 Å². The Balaban J connectivity index is 1.51. The van der Waals surface area contributed by atoms with Crippen LogP contribution in [0, 0.1) is 0 Å². The molecule has 186 valence electrons. The number of aromatic nitrogens is 2. The number of benzene rings is 1. The molecule has 0 spiro atoms. The van der Waals surface area contributed by atoms with Crippen LogP contribution in [0.3, 0.4) is 0 Å². The van der Waals surface area contributed by atoms with Crippen LogP contribution in [0.1, 0.15) is 55.4 Å². The van der Waals surface area contributed by atoms with E-state index in [2.05, 4.69) is 31.0 Å².